The third-order valence-corrected chi connectivity index (χ3v) is 6.58. The van der Waals surface area contributed by atoms with Crippen LogP contribution in [0.1, 0.15) is 44.7 Å². The highest BCUT2D eigenvalue weighted by atomic mass is 35.5. The zero-order valence-electron chi connectivity index (χ0n) is 17.3. The molecular weight excluding hydrogens is 447 g/mol. The van der Waals surface area contributed by atoms with Gasteiger partial charge in [-0.1, -0.05) is 56.1 Å². The van der Waals surface area contributed by atoms with Gasteiger partial charge in [0, 0.05) is 11.3 Å². The second-order valence-electron chi connectivity index (χ2n) is 7.21. The number of benzene rings is 2. The highest BCUT2D eigenvalue weighted by molar-refractivity contribution is 7.99. The first-order chi connectivity index (χ1) is 13.9. The van der Waals surface area contributed by atoms with E-state index in [0.717, 1.165) is 41.2 Å². The van der Waals surface area contributed by atoms with Crippen molar-refractivity contribution in [3.8, 4) is 11.5 Å². The minimum Gasteiger partial charge on any atom is -0.492 e. The van der Waals surface area contributed by atoms with Crippen molar-refractivity contribution in [1.29, 1.82) is 0 Å². The van der Waals surface area contributed by atoms with Crippen LogP contribution in [0.5, 0.6) is 11.5 Å². The molecule has 29 heavy (non-hydrogen) atoms. The maximum Gasteiger partial charge on any atom is 0.137 e. The molecule has 0 spiro atoms. The molecule has 2 aromatic rings. The molecule has 0 fully saturated rings. The summed E-state index contributed by atoms with van der Waals surface area (Å²) in [5.41, 5.74) is 1.93. The smallest absolute Gasteiger partial charge is 0.137 e. The highest BCUT2D eigenvalue weighted by Crippen LogP contribution is 2.38. The van der Waals surface area contributed by atoms with Crippen molar-refractivity contribution in [2.45, 2.75) is 39.0 Å². The van der Waals surface area contributed by atoms with Crippen LogP contribution in [0.4, 0.5) is 0 Å². The van der Waals surface area contributed by atoms with E-state index in [2.05, 4.69) is 26.8 Å². The maximum atomic E-state index is 6.50. The third kappa shape index (κ3) is 7.17. The first-order valence-corrected chi connectivity index (χ1v) is 12.3. The number of thioether (sulfide) groups is 1. The lowest BCUT2D eigenvalue weighted by Gasteiger charge is -2.27. The molecule has 0 amide bonds. The van der Waals surface area contributed by atoms with Crippen LogP contribution in [0.25, 0.3) is 0 Å². The summed E-state index contributed by atoms with van der Waals surface area (Å²) in [6.45, 7) is 7.70. The zero-order chi connectivity index (χ0) is 21.3. The van der Waals surface area contributed by atoms with Gasteiger partial charge in [0.15, 0.2) is 0 Å². The van der Waals surface area contributed by atoms with Crippen molar-refractivity contribution in [3.63, 3.8) is 0 Å². The lowest BCUT2D eigenvalue weighted by Crippen LogP contribution is -2.19. The third-order valence-electron chi connectivity index (χ3n) is 4.74. The van der Waals surface area contributed by atoms with Crippen molar-refractivity contribution >= 4 is 46.6 Å². The van der Waals surface area contributed by atoms with E-state index in [9.17, 15) is 0 Å². The zero-order valence-corrected chi connectivity index (χ0v) is 20.4. The van der Waals surface area contributed by atoms with Crippen LogP contribution in [-0.2, 0) is 5.41 Å². The monoisotopic (exact) mass is 474 g/mol. The Bertz CT molecular complexity index is 781. The Morgan fingerprint density at radius 3 is 1.83 bits per heavy atom. The van der Waals surface area contributed by atoms with Crippen molar-refractivity contribution in [3.05, 3.63) is 57.6 Å². The largest absolute Gasteiger partial charge is 0.492 e. The molecular formula is C23H29Cl3O2S. The van der Waals surface area contributed by atoms with E-state index >= 15 is 0 Å². The van der Waals surface area contributed by atoms with Crippen LogP contribution in [0.2, 0.25) is 10.0 Å². The van der Waals surface area contributed by atoms with Crippen molar-refractivity contribution < 1.29 is 9.47 Å². The van der Waals surface area contributed by atoms with Gasteiger partial charge in [0.1, 0.15) is 11.5 Å². The van der Waals surface area contributed by atoms with Crippen molar-refractivity contribution in [1.82, 2.24) is 0 Å². The van der Waals surface area contributed by atoms with Crippen LogP contribution < -0.4 is 9.47 Å². The fraction of sp³-hybridized carbons (Fsp3) is 0.478. The molecule has 0 saturated carbocycles. The minimum atomic E-state index is -0.266. The van der Waals surface area contributed by atoms with Crippen LogP contribution in [0.3, 0.4) is 0 Å². The molecule has 0 aromatic heterocycles. The van der Waals surface area contributed by atoms with Crippen molar-refractivity contribution in [2.75, 3.05) is 30.6 Å². The lowest BCUT2D eigenvalue weighted by atomic mass is 9.78. The van der Waals surface area contributed by atoms with Crippen LogP contribution in [0.15, 0.2) is 36.4 Å². The molecule has 0 aliphatic rings. The van der Waals surface area contributed by atoms with Crippen molar-refractivity contribution in [2.24, 2.45) is 0 Å². The topological polar surface area (TPSA) is 18.5 Å². The molecule has 2 aromatic carbocycles. The molecule has 0 unspecified atom stereocenters. The summed E-state index contributed by atoms with van der Waals surface area (Å²) >= 11 is 20.6. The van der Waals surface area contributed by atoms with E-state index < -0.39 is 0 Å². The quantitative estimate of drug-likeness (QED) is 0.230. The van der Waals surface area contributed by atoms with Gasteiger partial charge in [-0.3, -0.25) is 0 Å². The number of ether oxygens (including phenoxy) is 2. The summed E-state index contributed by atoms with van der Waals surface area (Å²) < 4.78 is 11.5. The van der Waals surface area contributed by atoms with Crippen LogP contribution in [-0.4, -0.2) is 30.6 Å². The van der Waals surface area contributed by atoms with Gasteiger partial charge in [-0.2, -0.15) is 11.8 Å². The molecule has 2 nitrogen and oxygen atoms in total. The summed E-state index contributed by atoms with van der Waals surface area (Å²) in [5, 5.41) is 1.23. The van der Waals surface area contributed by atoms with Gasteiger partial charge in [0.05, 0.1) is 23.3 Å². The average molecular weight is 476 g/mol. The van der Waals surface area contributed by atoms with Gasteiger partial charge in [0.25, 0.3) is 0 Å². The minimum absolute atomic E-state index is 0.266. The fourth-order valence-corrected chi connectivity index (χ4v) is 4.09. The van der Waals surface area contributed by atoms with E-state index in [1.807, 2.05) is 42.1 Å². The number of halogens is 3. The normalized spacial score (nSPS) is 11.5. The maximum absolute atomic E-state index is 6.50. The first-order valence-electron chi connectivity index (χ1n) is 9.89. The Morgan fingerprint density at radius 2 is 1.38 bits per heavy atom. The van der Waals surface area contributed by atoms with Crippen LogP contribution in [0, 0.1) is 0 Å². The first kappa shape index (κ1) is 24.5. The van der Waals surface area contributed by atoms with E-state index in [4.69, 9.17) is 44.3 Å². The molecule has 0 aliphatic heterocycles. The molecule has 0 heterocycles. The Kier molecular flexibility index (Phi) is 10.3. The fourth-order valence-electron chi connectivity index (χ4n) is 2.90. The Balaban J connectivity index is 2.10. The molecule has 0 N–H and O–H groups in total. The molecule has 0 saturated heterocycles. The predicted molar refractivity (Wildman–Crippen MR) is 129 cm³/mol. The van der Waals surface area contributed by atoms with Gasteiger partial charge in [-0.25, -0.2) is 0 Å². The highest BCUT2D eigenvalue weighted by Gasteiger charge is 2.25. The van der Waals surface area contributed by atoms with E-state index in [0.29, 0.717) is 34.9 Å². The second-order valence-corrected chi connectivity index (χ2v) is 9.79. The molecule has 2 rings (SSSR count). The number of alkyl halides is 1. The predicted octanol–water partition coefficient (Wildman–Crippen LogP) is 7.85. The summed E-state index contributed by atoms with van der Waals surface area (Å²) in [6, 6.07) is 11.9. The summed E-state index contributed by atoms with van der Waals surface area (Å²) in [5.74, 6) is 4.22. The van der Waals surface area contributed by atoms with Gasteiger partial charge in [-0.05, 0) is 59.7 Å². The Labute approximate surface area is 194 Å². The Hall–Kier alpha value is -0.740. The molecule has 6 heteroatoms. The number of hydrogen-bond donors (Lipinski definition) is 0. The van der Waals surface area contributed by atoms with Gasteiger partial charge in [-0.15, -0.1) is 11.6 Å². The summed E-state index contributed by atoms with van der Waals surface area (Å²) in [7, 11) is 0. The molecule has 0 aliphatic carbocycles. The summed E-state index contributed by atoms with van der Waals surface area (Å²) in [6.07, 6.45) is 1.80. The summed E-state index contributed by atoms with van der Waals surface area (Å²) in [4.78, 5) is 0. The molecule has 0 atom stereocenters. The molecule has 160 valence electrons. The van der Waals surface area contributed by atoms with Gasteiger partial charge >= 0.3 is 0 Å². The molecule has 0 radical (unpaired) electrons. The SMILES string of the molecule is CCSCCCOc1ccc(C(C)(C)c2ccc(OCCCCl)c(Cl)c2)cc1Cl. The Morgan fingerprint density at radius 1 is 0.862 bits per heavy atom. The van der Waals surface area contributed by atoms with E-state index in [-0.39, 0.29) is 5.41 Å². The average Bonchev–Trinajstić information content (AvgIpc) is 2.70. The van der Waals surface area contributed by atoms with Crippen LogP contribution >= 0.6 is 46.6 Å². The van der Waals surface area contributed by atoms with Gasteiger partial charge in [0.2, 0.25) is 0 Å². The number of rotatable bonds is 12. The lowest BCUT2D eigenvalue weighted by molar-refractivity contribution is 0.318. The van der Waals surface area contributed by atoms with E-state index in [1.54, 1.807) is 0 Å². The van der Waals surface area contributed by atoms with Gasteiger partial charge < -0.3 is 9.47 Å². The standard InChI is InChI=1S/C23H29Cl3O2S/c1-4-29-14-6-13-28-22-10-8-18(16-20(22)26)23(2,3)17-7-9-21(19(25)15-17)27-12-5-11-24/h7-10,15-16H,4-6,11-14H2,1-3H3. The second kappa shape index (κ2) is 12.2. The van der Waals surface area contributed by atoms with E-state index in [1.165, 1.54) is 0 Å². The molecule has 0 bridgehead atoms. The number of hydrogen-bond acceptors (Lipinski definition) is 3.